The number of ether oxygens (including phenoxy) is 2. The summed E-state index contributed by atoms with van der Waals surface area (Å²) in [5.74, 6) is -0.842. The fourth-order valence-electron chi connectivity index (χ4n) is 4.15. The van der Waals surface area contributed by atoms with Gasteiger partial charge >= 0.3 is 13.7 Å². The van der Waals surface area contributed by atoms with E-state index in [9.17, 15) is 19.6 Å². The third-order valence-electron chi connectivity index (χ3n) is 6.03. The summed E-state index contributed by atoms with van der Waals surface area (Å²) in [4.78, 5) is 24.8. The number of nitrogen functional groups attached to an aromatic ring is 1. The molecule has 1 saturated heterocycles. The molecule has 0 spiro atoms. The lowest BCUT2D eigenvalue weighted by atomic mass is 10.0. The Morgan fingerprint density at radius 3 is 2.72 bits per heavy atom. The molecular formula is C23H32N7O8P. The van der Waals surface area contributed by atoms with Crippen molar-refractivity contribution in [3.63, 3.8) is 0 Å². The highest BCUT2D eigenvalue weighted by molar-refractivity contribution is 7.52. The van der Waals surface area contributed by atoms with Gasteiger partial charge < -0.3 is 35.3 Å². The van der Waals surface area contributed by atoms with Crippen molar-refractivity contribution in [1.82, 2.24) is 24.6 Å². The standard InChI is InChI=1S/C23H32N7O8P/c1-4-35-22(33)13(2)29-39(34,38-14-8-6-5-7-9-14)36-11-16-18(32)15(10-31)21(37-16)30-12-26-17-19(25-3)27-23(24)28-20(17)30/h5-9,12-13,15-16,18,21,31-32H,4,10-11H2,1-3H3,(H,29,34)(H3,24,25,27,28)/t13-,15+,16-,18+,21-,39?/m1/s1. The summed E-state index contributed by atoms with van der Waals surface area (Å²) < 4.78 is 37.5. The summed E-state index contributed by atoms with van der Waals surface area (Å²) in [6, 6.07) is 7.23. The normalized spacial score (nSPS) is 23.3. The van der Waals surface area contributed by atoms with Gasteiger partial charge in [-0.05, 0) is 26.0 Å². The molecule has 2 aromatic heterocycles. The first-order valence-electron chi connectivity index (χ1n) is 12.3. The molecule has 1 unspecified atom stereocenters. The van der Waals surface area contributed by atoms with Gasteiger partial charge in [-0.25, -0.2) is 9.55 Å². The molecule has 1 aliphatic rings. The van der Waals surface area contributed by atoms with Gasteiger partial charge in [-0.2, -0.15) is 15.1 Å². The van der Waals surface area contributed by atoms with Crippen LogP contribution in [-0.2, 0) is 23.4 Å². The Hall–Kier alpha value is -3.33. The van der Waals surface area contributed by atoms with Crippen LogP contribution < -0.4 is 20.7 Å². The molecule has 1 fully saturated rings. The third-order valence-corrected chi connectivity index (χ3v) is 7.67. The van der Waals surface area contributed by atoms with Crippen molar-refractivity contribution < 1.29 is 38.1 Å². The molecule has 3 heterocycles. The first-order valence-corrected chi connectivity index (χ1v) is 13.8. The largest absolute Gasteiger partial charge is 0.465 e. The molecule has 6 N–H and O–H groups in total. The minimum Gasteiger partial charge on any atom is -0.465 e. The molecule has 16 heteroatoms. The zero-order valence-corrected chi connectivity index (χ0v) is 22.5. The molecule has 212 valence electrons. The Morgan fingerprint density at radius 2 is 2.05 bits per heavy atom. The number of hydrogen-bond donors (Lipinski definition) is 5. The van der Waals surface area contributed by atoms with Crippen molar-refractivity contribution >= 4 is 36.6 Å². The Morgan fingerprint density at radius 1 is 1.31 bits per heavy atom. The zero-order valence-electron chi connectivity index (χ0n) is 21.6. The van der Waals surface area contributed by atoms with Crippen LogP contribution in [0.15, 0.2) is 36.7 Å². The second kappa shape index (κ2) is 12.2. The van der Waals surface area contributed by atoms with Crippen LogP contribution in [0, 0.1) is 5.92 Å². The monoisotopic (exact) mass is 565 g/mol. The summed E-state index contributed by atoms with van der Waals surface area (Å²) in [6.07, 6.45) is -1.74. The third kappa shape index (κ3) is 6.30. The summed E-state index contributed by atoms with van der Waals surface area (Å²) in [7, 11) is -2.53. The van der Waals surface area contributed by atoms with Crippen LogP contribution in [0.3, 0.4) is 0 Å². The number of nitrogens with two attached hydrogens (primary N) is 1. The molecule has 0 amide bonds. The number of aromatic nitrogens is 4. The van der Waals surface area contributed by atoms with E-state index in [-0.39, 0.29) is 18.3 Å². The maximum atomic E-state index is 13.7. The van der Waals surface area contributed by atoms with Crippen LogP contribution in [0.5, 0.6) is 5.75 Å². The first-order chi connectivity index (χ1) is 18.7. The van der Waals surface area contributed by atoms with Gasteiger partial charge in [0, 0.05) is 7.05 Å². The fraction of sp³-hybridized carbons (Fsp3) is 0.478. The minimum atomic E-state index is -4.19. The van der Waals surface area contributed by atoms with Gasteiger partial charge in [-0.1, -0.05) is 18.2 Å². The molecular weight excluding hydrogens is 533 g/mol. The van der Waals surface area contributed by atoms with E-state index >= 15 is 0 Å². The molecule has 1 aromatic carbocycles. The number of esters is 1. The van der Waals surface area contributed by atoms with E-state index in [0.29, 0.717) is 17.0 Å². The number of rotatable bonds is 12. The van der Waals surface area contributed by atoms with Crippen molar-refractivity contribution in [2.45, 2.75) is 38.3 Å². The number of imidazole rings is 1. The highest BCUT2D eigenvalue weighted by Crippen LogP contribution is 2.46. The van der Waals surface area contributed by atoms with Gasteiger partial charge in [-0.15, -0.1) is 0 Å². The molecule has 15 nitrogen and oxygen atoms in total. The van der Waals surface area contributed by atoms with Gasteiger partial charge in [0.1, 0.15) is 24.1 Å². The Bertz CT molecular complexity index is 1330. The van der Waals surface area contributed by atoms with Gasteiger partial charge in [0.15, 0.2) is 17.0 Å². The van der Waals surface area contributed by atoms with Gasteiger partial charge in [0.25, 0.3) is 0 Å². The van der Waals surface area contributed by atoms with Crippen molar-refractivity contribution in [2.75, 3.05) is 37.9 Å². The first kappa shape index (κ1) is 28.7. The van der Waals surface area contributed by atoms with Crippen LogP contribution >= 0.6 is 7.75 Å². The molecule has 0 radical (unpaired) electrons. The zero-order chi connectivity index (χ0) is 28.2. The van der Waals surface area contributed by atoms with Gasteiger partial charge in [0.05, 0.1) is 38.2 Å². The fourth-order valence-corrected chi connectivity index (χ4v) is 5.65. The Labute approximate surface area is 224 Å². The molecule has 0 saturated carbocycles. The van der Waals surface area contributed by atoms with E-state index in [2.05, 4.69) is 25.4 Å². The number of para-hydroxylation sites is 1. The van der Waals surface area contributed by atoms with Crippen molar-refractivity contribution in [1.29, 1.82) is 0 Å². The maximum absolute atomic E-state index is 13.7. The van der Waals surface area contributed by atoms with E-state index in [1.807, 2.05) is 0 Å². The lowest BCUT2D eigenvalue weighted by Crippen LogP contribution is -2.37. The number of carbonyl (C=O) groups is 1. The number of hydrogen-bond acceptors (Lipinski definition) is 13. The second-order valence-corrected chi connectivity index (χ2v) is 10.4. The van der Waals surface area contributed by atoms with Crippen molar-refractivity contribution in [3.05, 3.63) is 36.7 Å². The summed E-state index contributed by atoms with van der Waals surface area (Å²) in [5.41, 5.74) is 6.58. The van der Waals surface area contributed by atoms with Crippen LogP contribution in [0.4, 0.5) is 11.8 Å². The molecule has 0 aliphatic carbocycles. The number of aliphatic hydroxyl groups is 2. The second-order valence-electron chi connectivity index (χ2n) is 8.71. The summed E-state index contributed by atoms with van der Waals surface area (Å²) in [6.45, 7) is 2.39. The van der Waals surface area contributed by atoms with E-state index in [1.165, 1.54) is 17.8 Å². The SMILES string of the molecule is CCOC(=O)[C@@H](C)NP(=O)(OC[C@H]1O[C@@H](n2cnc3c(NC)nc(N)nc32)[C@@H](CO)[C@@H]1O)Oc1ccccc1. The topological polar surface area (TPSA) is 205 Å². The maximum Gasteiger partial charge on any atom is 0.459 e. The Kier molecular flexibility index (Phi) is 9.00. The van der Waals surface area contributed by atoms with E-state index in [1.54, 1.807) is 44.3 Å². The summed E-state index contributed by atoms with van der Waals surface area (Å²) >= 11 is 0. The quantitative estimate of drug-likeness (QED) is 0.154. The number of nitrogens with one attached hydrogen (secondary N) is 2. The molecule has 3 aromatic rings. The number of carbonyl (C=O) groups excluding carboxylic acids is 1. The highest BCUT2D eigenvalue weighted by atomic mass is 31.2. The molecule has 0 bridgehead atoms. The Balaban J connectivity index is 1.55. The van der Waals surface area contributed by atoms with Gasteiger partial charge in [-0.3, -0.25) is 13.9 Å². The number of nitrogens with zero attached hydrogens (tertiary/aromatic N) is 4. The number of anilines is 2. The van der Waals surface area contributed by atoms with Crippen molar-refractivity contribution in [2.24, 2.45) is 5.92 Å². The molecule has 39 heavy (non-hydrogen) atoms. The number of benzene rings is 1. The van der Waals surface area contributed by atoms with Crippen LogP contribution in [0.1, 0.15) is 20.1 Å². The lowest BCUT2D eigenvalue weighted by Gasteiger charge is -2.24. The van der Waals surface area contributed by atoms with E-state index < -0.39 is 57.3 Å². The highest BCUT2D eigenvalue weighted by Gasteiger charge is 2.46. The predicted octanol–water partition coefficient (Wildman–Crippen LogP) is 1.06. The molecule has 4 rings (SSSR count). The average molecular weight is 566 g/mol. The van der Waals surface area contributed by atoms with Crippen LogP contribution in [0.25, 0.3) is 11.2 Å². The van der Waals surface area contributed by atoms with Crippen LogP contribution in [0.2, 0.25) is 0 Å². The van der Waals surface area contributed by atoms with Crippen molar-refractivity contribution in [3.8, 4) is 5.75 Å². The molecule has 6 atom stereocenters. The minimum absolute atomic E-state index is 0.00614. The predicted molar refractivity (Wildman–Crippen MR) is 140 cm³/mol. The van der Waals surface area contributed by atoms with Crippen LogP contribution in [-0.4, -0.2) is 80.8 Å². The average Bonchev–Trinajstić information content (AvgIpc) is 3.47. The van der Waals surface area contributed by atoms with E-state index in [4.69, 9.17) is 24.3 Å². The smallest absolute Gasteiger partial charge is 0.459 e. The van der Waals surface area contributed by atoms with Gasteiger partial charge in [0.2, 0.25) is 5.95 Å². The lowest BCUT2D eigenvalue weighted by molar-refractivity contribution is -0.144. The number of fused-ring (bicyclic) bond motifs is 1. The molecule has 1 aliphatic heterocycles. The van der Waals surface area contributed by atoms with E-state index in [0.717, 1.165) is 0 Å². The number of aliphatic hydroxyl groups excluding tert-OH is 2. The summed E-state index contributed by atoms with van der Waals surface area (Å²) in [5, 5.41) is 26.5.